The fourth-order valence-electron chi connectivity index (χ4n) is 5.26. The van der Waals surface area contributed by atoms with Crippen molar-refractivity contribution < 1.29 is 4.79 Å². The van der Waals surface area contributed by atoms with Crippen molar-refractivity contribution in [3.05, 3.63) is 0 Å². The van der Waals surface area contributed by atoms with E-state index in [0.717, 1.165) is 54.6 Å². The first-order valence-corrected chi connectivity index (χ1v) is 10.5. The van der Waals surface area contributed by atoms with Crippen molar-refractivity contribution in [1.29, 1.82) is 0 Å². The van der Waals surface area contributed by atoms with Gasteiger partial charge in [0.2, 0.25) is 0 Å². The van der Waals surface area contributed by atoms with Gasteiger partial charge in [-0.25, -0.2) is 0 Å². The molecule has 138 valence electrons. The molecule has 0 saturated carbocycles. The molecule has 6 unspecified atom stereocenters. The van der Waals surface area contributed by atoms with Gasteiger partial charge in [0.25, 0.3) is 0 Å². The summed E-state index contributed by atoms with van der Waals surface area (Å²) >= 11 is 0. The van der Waals surface area contributed by atoms with Gasteiger partial charge in [0, 0.05) is 6.42 Å². The van der Waals surface area contributed by atoms with Crippen LogP contribution in [0.15, 0.2) is 0 Å². The fraction of sp³-hybridized carbons (Fsp3) is 0.955. The first kappa shape index (κ1) is 22.7. The SMILES string of the molecule is CCC(C)C(CC)C(CC)C(CC)C(CC)C(CC)CCC=O. The Morgan fingerprint density at radius 3 is 1.48 bits per heavy atom. The Morgan fingerprint density at radius 2 is 1.13 bits per heavy atom. The van der Waals surface area contributed by atoms with E-state index in [0.29, 0.717) is 0 Å². The molecule has 0 rings (SSSR count). The topological polar surface area (TPSA) is 17.1 Å². The van der Waals surface area contributed by atoms with Gasteiger partial charge in [-0.1, -0.05) is 87.0 Å². The summed E-state index contributed by atoms with van der Waals surface area (Å²) in [6.45, 7) is 16.7. The van der Waals surface area contributed by atoms with Gasteiger partial charge in [-0.3, -0.25) is 0 Å². The smallest absolute Gasteiger partial charge is 0.120 e. The lowest BCUT2D eigenvalue weighted by Crippen LogP contribution is -2.34. The molecule has 0 aromatic rings. The molecule has 0 aliphatic carbocycles. The van der Waals surface area contributed by atoms with Crippen LogP contribution in [0.5, 0.6) is 0 Å². The average Bonchev–Trinajstić information content (AvgIpc) is 2.59. The van der Waals surface area contributed by atoms with E-state index in [9.17, 15) is 4.79 Å². The predicted octanol–water partition coefficient (Wildman–Crippen LogP) is 7.14. The second-order valence-electron chi connectivity index (χ2n) is 7.59. The molecular formula is C22H44O. The lowest BCUT2D eigenvalue weighted by molar-refractivity contribution is -0.108. The molecule has 0 radical (unpaired) electrons. The summed E-state index contributed by atoms with van der Waals surface area (Å²) in [6.07, 6.45) is 10.6. The number of carbonyl (C=O) groups is 1. The monoisotopic (exact) mass is 324 g/mol. The Bertz CT molecular complexity index is 286. The van der Waals surface area contributed by atoms with Gasteiger partial charge in [0.05, 0.1) is 0 Å². The van der Waals surface area contributed by atoms with Crippen molar-refractivity contribution in [1.82, 2.24) is 0 Å². The van der Waals surface area contributed by atoms with Crippen LogP contribution in [-0.4, -0.2) is 6.29 Å². The normalized spacial score (nSPS) is 19.6. The summed E-state index contributed by atoms with van der Waals surface area (Å²) in [4.78, 5) is 10.8. The number of hydrogen-bond donors (Lipinski definition) is 0. The Hall–Kier alpha value is -0.330. The van der Waals surface area contributed by atoms with Gasteiger partial charge in [-0.2, -0.15) is 0 Å². The molecule has 1 heteroatoms. The molecule has 0 aromatic heterocycles. The summed E-state index contributed by atoms with van der Waals surface area (Å²) in [6, 6.07) is 0. The molecule has 23 heavy (non-hydrogen) atoms. The zero-order valence-corrected chi connectivity index (χ0v) is 17.1. The lowest BCUT2D eigenvalue weighted by Gasteiger charge is -2.42. The summed E-state index contributed by atoms with van der Waals surface area (Å²) in [7, 11) is 0. The zero-order chi connectivity index (χ0) is 17.8. The Balaban J connectivity index is 5.37. The van der Waals surface area contributed by atoms with E-state index in [1.807, 2.05) is 0 Å². The number of aldehydes is 1. The van der Waals surface area contributed by atoms with Crippen LogP contribution in [0.3, 0.4) is 0 Å². The van der Waals surface area contributed by atoms with E-state index in [4.69, 9.17) is 0 Å². The van der Waals surface area contributed by atoms with Crippen molar-refractivity contribution in [2.75, 3.05) is 0 Å². The second kappa shape index (κ2) is 13.0. The van der Waals surface area contributed by atoms with E-state index >= 15 is 0 Å². The van der Waals surface area contributed by atoms with Gasteiger partial charge < -0.3 is 4.79 Å². The van der Waals surface area contributed by atoms with Gasteiger partial charge in [0.1, 0.15) is 6.29 Å². The van der Waals surface area contributed by atoms with E-state index in [-0.39, 0.29) is 0 Å². The van der Waals surface area contributed by atoms with Gasteiger partial charge in [-0.05, 0) is 41.9 Å². The standard InChI is InChI=1S/C22H44O/c1-8-17(7)19(10-3)21(12-5)22(13-6)20(11-4)18(9-2)15-14-16-23/h16-22H,8-15H2,1-7H3. The third-order valence-electron chi connectivity index (χ3n) is 6.70. The molecule has 0 heterocycles. The molecule has 0 bridgehead atoms. The van der Waals surface area contributed by atoms with Crippen LogP contribution in [0, 0.1) is 35.5 Å². The van der Waals surface area contributed by atoms with Crippen molar-refractivity contribution in [3.63, 3.8) is 0 Å². The first-order valence-electron chi connectivity index (χ1n) is 10.5. The highest BCUT2D eigenvalue weighted by Crippen LogP contribution is 2.43. The minimum atomic E-state index is 0.721. The zero-order valence-electron chi connectivity index (χ0n) is 17.1. The largest absolute Gasteiger partial charge is 0.303 e. The Labute approximate surface area is 147 Å². The minimum Gasteiger partial charge on any atom is -0.303 e. The molecule has 0 aliphatic rings. The van der Waals surface area contributed by atoms with E-state index in [1.54, 1.807) is 0 Å². The minimum absolute atomic E-state index is 0.721. The third kappa shape index (κ3) is 6.59. The van der Waals surface area contributed by atoms with Gasteiger partial charge in [-0.15, -0.1) is 0 Å². The molecular weight excluding hydrogens is 280 g/mol. The molecule has 0 N–H and O–H groups in total. The van der Waals surface area contributed by atoms with Gasteiger partial charge in [0.15, 0.2) is 0 Å². The second-order valence-corrected chi connectivity index (χ2v) is 7.59. The maximum Gasteiger partial charge on any atom is 0.120 e. The molecule has 0 aliphatic heterocycles. The fourth-order valence-corrected chi connectivity index (χ4v) is 5.26. The van der Waals surface area contributed by atoms with Crippen LogP contribution >= 0.6 is 0 Å². The maximum atomic E-state index is 10.8. The van der Waals surface area contributed by atoms with Crippen molar-refractivity contribution in [2.45, 2.75) is 99.8 Å². The third-order valence-corrected chi connectivity index (χ3v) is 6.70. The van der Waals surface area contributed by atoms with Crippen LogP contribution in [0.2, 0.25) is 0 Å². The van der Waals surface area contributed by atoms with E-state index in [2.05, 4.69) is 48.5 Å². The summed E-state index contributed by atoms with van der Waals surface area (Å²) in [5.74, 6) is 4.85. The van der Waals surface area contributed by atoms with Crippen LogP contribution in [0.1, 0.15) is 99.8 Å². The van der Waals surface area contributed by atoms with Crippen molar-refractivity contribution in [2.24, 2.45) is 35.5 Å². The first-order chi connectivity index (χ1) is 11.1. The Morgan fingerprint density at radius 1 is 0.652 bits per heavy atom. The van der Waals surface area contributed by atoms with Crippen LogP contribution in [0.25, 0.3) is 0 Å². The average molecular weight is 325 g/mol. The summed E-state index contributed by atoms with van der Waals surface area (Å²) < 4.78 is 0. The van der Waals surface area contributed by atoms with Gasteiger partial charge >= 0.3 is 0 Å². The summed E-state index contributed by atoms with van der Waals surface area (Å²) in [5.41, 5.74) is 0. The molecule has 0 fully saturated rings. The number of rotatable bonds is 14. The predicted molar refractivity (Wildman–Crippen MR) is 104 cm³/mol. The van der Waals surface area contributed by atoms with E-state index < -0.39 is 0 Å². The molecule has 1 nitrogen and oxygen atoms in total. The molecule has 6 atom stereocenters. The van der Waals surface area contributed by atoms with E-state index in [1.165, 1.54) is 38.5 Å². The van der Waals surface area contributed by atoms with Crippen molar-refractivity contribution >= 4 is 6.29 Å². The van der Waals surface area contributed by atoms with Crippen LogP contribution < -0.4 is 0 Å². The maximum absolute atomic E-state index is 10.8. The lowest BCUT2D eigenvalue weighted by atomic mass is 9.63. The van der Waals surface area contributed by atoms with Crippen LogP contribution in [-0.2, 0) is 4.79 Å². The highest BCUT2D eigenvalue weighted by Gasteiger charge is 2.35. The molecule has 0 spiro atoms. The molecule has 0 aromatic carbocycles. The number of hydrogen-bond acceptors (Lipinski definition) is 1. The van der Waals surface area contributed by atoms with Crippen LogP contribution in [0.4, 0.5) is 0 Å². The van der Waals surface area contributed by atoms with Crippen molar-refractivity contribution in [3.8, 4) is 0 Å². The quantitative estimate of drug-likeness (QED) is 0.310. The Kier molecular flexibility index (Phi) is 12.8. The molecule has 0 amide bonds. The highest BCUT2D eigenvalue weighted by atomic mass is 16.1. The summed E-state index contributed by atoms with van der Waals surface area (Å²) in [5, 5.41) is 0. The number of carbonyl (C=O) groups excluding carboxylic acids is 1. The highest BCUT2D eigenvalue weighted by molar-refractivity contribution is 5.49. The molecule has 0 saturated heterocycles.